The maximum absolute atomic E-state index is 6.59. The zero-order valence-corrected chi connectivity index (χ0v) is 18.4. The fourth-order valence-corrected chi connectivity index (χ4v) is 4.99. The second-order valence-electron chi connectivity index (χ2n) is 8.93. The molecule has 1 aliphatic carbocycles. The number of nitrogens with one attached hydrogen (secondary N) is 1. The minimum absolute atomic E-state index is 0.211. The number of imidazole rings is 1. The number of pyridine rings is 1. The number of hydrogen-bond donors (Lipinski definition) is 2. The van der Waals surface area contributed by atoms with Crippen LogP contribution in [0.25, 0.3) is 39.9 Å². The SMILES string of the molecule is NC1(c2ccc(-c3c(-c4ncco4)nc4n3-c3cccnc3Nc3ccccc3-4)cc2)CCC1. The fourth-order valence-electron chi connectivity index (χ4n) is 4.99. The maximum atomic E-state index is 6.59. The number of rotatable bonds is 3. The first-order valence-corrected chi connectivity index (χ1v) is 11.5. The Bertz CT molecular complexity index is 1510. The molecule has 0 spiro atoms. The minimum atomic E-state index is -0.211. The van der Waals surface area contributed by atoms with E-state index in [1.54, 1.807) is 18.7 Å². The van der Waals surface area contributed by atoms with Crippen LogP contribution in [-0.2, 0) is 5.54 Å². The first-order valence-electron chi connectivity index (χ1n) is 11.5. The Morgan fingerprint density at radius 3 is 2.56 bits per heavy atom. The number of nitrogens with zero attached hydrogens (tertiary/aromatic N) is 4. The van der Waals surface area contributed by atoms with Gasteiger partial charge in [0.15, 0.2) is 11.5 Å². The van der Waals surface area contributed by atoms with Crippen LogP contribution < -0.4 is 11.1 Å². The maximum Gasteiger partial charge on any atom is 0.247 e. The third-order valence-corrected chi connectivity index (χ3v) is 6.94. The third-order valence-electron chi connectivity index (χ3n) is 6.94. The molecule has 7 heteroatoms. The van der Waals surface area contributed by atoms with E-state index in [9.17, 15) is 0 Å². The molecule has 3 aromatic heterocycles. The summed E-state index contributed by atoms with van der Waals surface area (Å²) >= 11 is 0. The summed E-state index contributed by atoms with van der Waals surface area (Å²) in [6.07, 6.45) is 8.24. The number of hydrogen-bond acceptors (Lipinski definition) is 6. The first-order chi connectivity index (χ1) is 16.7. The van der Waals surface area contributed by atoms with E-state index in [0.717, 1.165) is 52.7 Å². The summed E-state index contributed by atoms with van der Waals surface area (Å²) in [6.45, 7) is 0. The summed E-state index contributed by atoms with van der Waals surface area (Å²) in [5.41, 5.74) is 13.0. The van der Waals surface area contributed by atoms with Crippen molar-refractivity contribution in [1.82, 2.24) is 19.5 Å². The van der Waals surface area contributed by atoms with Crippen molar-refractivity contribution in [3.8, 4) is 39.9 Å². The van der Waals surface area contributed by atoms with Crippen molar-refractivity contribution in [2.45, 2.75) is 24.8 Å². The van der Waals surface area contributed by atoms with Crippen LogP contribution in [0.1, 0.15) is 24.8 Å². The van der Waals surface area contributed by atoms with Crippen molar-refractivity contribution in [3.05, 3.63) is 84.9 Å². The molecule has 0 saturated heterocycles. The molecular formula is C27H22N6O. The van der Waals surface area contributed by atoms with Gasteiger partial charge in [-0.2, -0.15) is 0 Å². The van der Waals surface area contributed by atoms with E-state index >= 15 is 0 Å². The number of nitrogens with two attached hydrogens (primary N) is 1. The minimum Gasteiger partial charge on any atom is -0.443 e. The molecule has 1 fully saturated rings. The molecule has 2 aliphatic rings. The number of fused-ring (bicyclic) bond motifs is 5. The molecule has 5 aromatic rings. The third kappa shape index (κ3) is 2.77. The molecule has 1 saturated carbocycles. The van der Waals surface area contributed by atoms with E-state index < -0.39 is 0 Å². The standard InChI is InChI=1S/C27H22N6O/c28-27(12-4-13-27)18-10-8-17(9-11-18)23-22(26-30-15-16-34-26)32-25-19-5-1-2-6-20(19)31-24-21(33(23)25)7-3-14-29-24/h1-3,5-11,14-16H,4,12-13,28H2,(H,29,31). The lowest BCUT2D eigenvalue weighted by Gasteiger charge is -2.38. The van der Waals surface area contributed by atoms with Gasteiger partial charge >= 0.3 is 0 Å². The van der Waals surface area contributed by atoms with Crippen LogP contribution in [0.4, 0.5) is 11.5 Å². The van der Waals surface area contributed by atoms with Gasteiger partial charge < -0.3 is 15.5 Å². The quantitative estimate of drug-likeness (QED) is 0.365. The lowest BCUT2D eigenvalue weighted by molar-refractivity contribution is 0.253. The lowest BCUT2D eigenvalue weighted by Crippen LogP contribution is -2.43. The highest BCUT2D eigenvalue weighted by atomic mass is 16.3. The van der Waals surface area contributed by atoms with Crippen molar-refractivity contribution in [3.63, 3.8) is 0 Å². The molecular weight excluding hydrogens is 424 g/mol. The topological polar surface area (TPSA) is 94.8 Å². The second kappa shape index (κ2) is 7.13. The van der Waals surface area contributed by atoms with Gasteiger partial charge in [-0.3, -0.25) is 4.57 Å². The van der Waals surface area contributed by atoms with Crippen molar-refractivity contribution in [2.24, 2.45) is 5.73 Å². The molecule has 2 aromatic carbocycles. The van der Waals surface area contributed by atoms with Gasteiger partial charge in [0.25, 0.3) is 0 Å². The highest BCUT2D eigenvalue weighted by Crippen LogP contribution is 2.45. The smallest absolute Gasteiger partial charge is 0.247 e. The van der Waals surface area contributed by atoms with Gasteiger partial charge in [0.2, 0.25) is 5.89 Å². The number of benzene rings is 2. The predicted molar refractivity (Wildman–Crippen MR) is 131 cm³/mol. The molecule has 166 valence electrons. The average Bonchev–Trinajstić information content (AvgIpc) is 3.49. The van der Waals surface area contributed by atoms with Crippen LogP contribution in [0.2, 0.25) is 0 Å². The molecule has 7 rings (SSSR count). The normalized spacial score (nSPS) is 15.3. The molecule has 34 heavy (non-hydrogen) atoms. The largest absolute Gasteiger partial charge is 0.443 e. The van der Waals surface area contributed by atoms with E-state index in [1.165, 1.54) is 12.0 Å². The van der Waals surface area contributed by atoms with Crippen molar-refractivity contribution < 1.29 is 4.42 Å². The number of aromatic nitrogens is 4. The number of anilines is 2. The average molecular weight is 447 g/mol. The van der Waals surface area contributed by atoms with Gasteiger partial charge in [-0.15, -0.1) is 0 Å². The molecule has 3 N–H and O–H groups in total. The molecule has 1 aliphatic heterocycles. The van der Waals surface area contributed by atoms with E-state index in [2.05, 4.69) is 50.2 Å². The van der Waals surface area contributed by atoms with Gasteiger partial charge in [0.05, 0.1) is 23.3 Å². The summed E-state index contributed by atoms with van der Waals surface area (Å²) in [7, 11) is 0. The van der Waals surface area contributed by atoms with Gasteiger partial charge in [-0.05, 0) is 49.1 Å². The predicted octanol–water partition coefficient (Wildman–Crippen LogP) is 5.65. The van der Waals surface area contributed by atoms with Gasteiger partial charge in [0, 0.05) is 22.9 Å². The Labute approximate surface area is 196 Å². The summed E-state index contributed by atoms with van der Waals surface area (Å²) < 4.78 is 7.88. The molecule has 4 heterocycles. The molecule has 0 bridgehead atoms. The zero-order valence-electron chi connectivity index (χ0n) is 18.4. The number of oxazole rings is 1. The molecule has 0 atom stereocenters. The van der Waals surface area contributed by atoms with E-state index in [-0.39, 0.29) is 5.54 Å². The summed E-state index contributed by atoms with van der Waals surface area (Å²) in [5, 5.41) is 3.49. The van der Waals surface area contributed by atoms with E-state index in [4.69, 9.17) is 15.1 Å². The van der Waals surface area contributed by atoms with Crippen LogP contribution in [0, 0.1) is 0 Å². The lowest BCUT2D eigenvalue weighted by atomic mass is 9.72. The highest BCUT2D eigenvalue weighted by molar-refractivity contribution is 5.89. The number of para-hydroxylation sites is 1. The summed E-state index contributed by atoms with van der Waals surface area (Å²) in [5.74, 6) is 2.04. The van der Waals surface area contributed by atoms with Crippen molar-refractivity contribution in [1.29, 1.82) is 0 Å². The van der Waals surface area contributed by atoms with Crippen LogP contribution >= 0.6 is 0 Å². The van der Waals surface area contributed by atoms with Gasteiger partial charge in [0.1, 0.15) is 12.1 Å². The van der Waals surface area contributed by atoms with Crippen molar-refractivity contribution >= 4 is 11.5 Å². The van der Waals surface area contributed by atoms with Crippen LogP contribution in [-0.4, -0.2) is 19.5 Å². The van der Waals surface area contributed by atoms with E-state index in [0.29, 0.717) is 11.6 Å². The fraction of sp³-hybridized carbons (Fsp3) is 0.148. The Hall–Kier alpha value is -4.23. The zero-order chi connectivity index (χ0) is 22.7. The molecule has 0 amide bonds. The Balaban J connectivity index is 1.53. The van der Waals surface area contributed by atoms with Crippen molar-refractivity contribution in [2.75, 3.05) is 5.32 Å². The van der Waals surface area contributed by atoms with Crippen LogP contribution in [0.5, 0.6) is 0 Å². The molecule has 0 radical (unpaired) electrons. The van der Waals surface area contributed by atoms with Gasteiger partial charge in [-0.1, -0.05) is 36.4 Å². The highest BCUT2D eigenvalue weighted by Gasteiger charge is 2.34. The second-order valence-corrected chi connectivity index (χ2v) is 8.93. The monoisotopic (exact) mass is 446 g/mol. The van der Waals surface area contributed by atoms with Gasteiger partial charge in [-0.25, -0.2) is 15.0 Å². The Kier molecular flexibility index (Phi) is 4.04. The van der Waals surface area contributed by atoms with E-state index in [1.807, 2.05) is 30.3 Å². The molecule has 7 nitrogen and oxygen atoms in total. The Morgan fingerprint density at radius 2 is 1.79 bits per heavy atom. The summed E-state index contributed by atoms with van der Waals surface area (Å²) in [6, 6.07) is 20.6. The Morgan fingerprint density at radius 1 is 0.941 bits per heavy atom. The van der Waals surface area contributed by atoms with Crippen LogP contribution in [0.3, 0.4) is 0 Å². The molecule has 0 unspecified atom stereocenters. The van der Waals surface area contributed by atoms with Crippen LogP contribution in [0.15, 0.2) is 83.7 Å². The summed E-state index contributed by atoms with van der Waals surface area (Å²) in [4.78, 5) is 14.2. The first kappa shape index (κ1) is 19.3.